The molecule has 0 saturated heterocycles. The first kappa shape index (κ1) is 21.7. The highest BCUT2D eigenvalue weighted by Gasteiger charge is 2.19. The van der Waals surface area contributed by atoms with Gasteiger partial charge in [0.05, 0.1) is 6.54 Å². The van der Waals surface area contributed by atoms with E-state index in [2.05, 4.69) is 38.2 Å². The van der Waals surface area contributed by atoms with Gasteiger partial charge in [-0.3, -0.25) is 4.79 Å². The Hall–Kier alpha value is -3.01. The number of carbonyl (C=O) groups is 1. The van der Waals surface area contributed by atoms with Crippen LogP contribution in [0, 0.1) is 0 Å². The van der Waals surface area contributed by atoms with Gasteiger partial charge in [-0.15, -0.1) is 0 Å². The van der Waals surface area contributed by atoms with Crippen molar-refractivity contribution in [3.8, 4) is 11.5 Å². The topological polar surface area (TPSA) is 47.6 Å². The SMILES string of the molecule is CCC(Oc1cccc2ccccc12)C(=O)NCCOc1ccc(C(C)(C)C)cc1. The summed E-state index contributed by atoms with van der Waals surface area (Å²) in [5, 5.41) is 5.02. The van der Waals surface area contributed by atoms with Crippen LogP contribution >= 0.6 is 0 Å². The first-order valence-corrected chi connectivity index (χ1v) is 10.5. The second-order valence-corrected chi connectivity index (χ2v) is 8.41. The molecule has 0 bridgehead atoms. The van der Waals surface area contributed by atoms with Crippen LogP contribution in [0.1, 0.15) is 39.7 Å². The number of carbonyl (C=O) groups excluding carboxylic acids is 1. The van der Waals surface area contributed by atoms with Crippen LogP contribution < -0.4 is 14.8 Å². The van der Waals surface area contributed by atoms with E-state index in [1.807, 2.05) is 61.5 Å². The minimum absolute atomic E-state index is 0.117. The smallest absolute Gasteiger partial charge is 0.261 e. The Morgan fingerprint density at radius 3 is 2.37 bits per heavy atom. The van der Waals surface area contributed by atoms with Crippen molar-refractivity contribution in [3.05, 3.63) is 72.3 Å². The molecule has 1 amide bonds. The molecular weight excluding hydrogens is 374 g/mol. The van der Waals surface area contributed by atoms with Crippen molar-refractivity contribution in [1.82, 2.24) is 5.32 Å². The second kappa shape index (κ2) is 9.66. The predicted octanol–water partition coefficient (Wildman–Crippen LogP) is 5.49. The quantitative estimate of drug-likeness (QED) is 0.504. The molecule has 0 aliphatic carbocycles. The van der Waals surface area contributed by atoms with Gasteiger partial charge in [-0.1, -0.05) is 76.2 Å². The zero-order valence-corrected chi connectivity index (χ0v) is 18.3. The third kappa shape index (κ3) is 5.53. The summed E-state index contributed by atoms with van der Waals surface area (Å²) in [5.41, 5.74) is 1.38. The van der Waals surface area contributed by atoms with E-state index in [9.17, 15) is 4.79 Å². The van der Waals surface area contributed by atoms with Gasteiger partial charge >= 0.3 is 0 Å². The molecule has 4 heteroatoms. The van der Waals surface area contributed by atoms with Crippen LogP contribution in [0.5, 0.6) is 11.5 Å². The van der Waals surface area contributed by atoms with Gasteiger partial charge in [0.1, 0.15) is 18.1 Å². The number of hydrogen-bond acceptors (Lipinski definition) is 3. The molecular formula is C26H31NO3. The predicted molar refractivity (Wildman–Crippen MR) is 122 cm³/mol. The van der Waals surface area contributed by atoms with Crippen molar-refractivity contribution >= 4 is 16.7 Å². The third-order valence-corrected chi connectivity index (χ3v) is 5.07. The van der Waals surface area contributed by atoms with E-state index in [-0.39, 0.29) is 11.3 Å². The number of nitrogens with one attached hydrogen (secondary N) is 1. The van der Waals surface area contributed by atoms with E-state index < -0.39 is 6.10 Å². The van der Waals surface area contributed by atoms with Crippen LogP contribution in [0.2, 0.25) is 0 Å². The van der Waals surface area contributed by atoms with Crippen molar-refractivity contribution in [2.45, 2.75) is 45.6 Å². The largest absolute Gasteiger partial charge is 0.492 e. The Kier molecular flexibility index (Phi) is 6.99. The summed E-state index contributed by atoms with van der Waals surface area (Å²) in [7, 11) is 0. The maximum absolute atomic E-state index is 12.6. The molecule has 30 heavy (non-hydrogen) atoms. The zero-order valence-electron chi connectivity index (χ0n) is 18.3. The molecule has 0 aromatic heterocycles. The molecule has 0 saturated carbocycles. The highest BCUT2D eigenvalue weighted by atomic mass is 16.5. The molecule has 3 aromatic carbocycles. The van der Waals surface area contributed by atoms with Gasteiger partial charge in [-0.25, -0.2) is 0 Å². The van der Waals surface area contributed by atoms with Gasteiger partial charge in [0.15, 0.2) is 6.10 Å². The lowest BCUT2D eigenvalue weighted by molar-refractivity contribution is -0.128. The number of hydrogen-bond donors (Lipinski definition) is 1. The second-order valence-electron chi connectivity index (χ2n) is 8.41. The molecule has 4 nitrogen and oxygen atoms in total. The van der Waals surface area contributed by atoms with Crippen LogP contribution in [-0.2, 0) is 10.2 Å². The minimum Gasteiger partial charge on any atom is -0.492 e. The van der Waals surface area contributed by atoms with E-state index >= 15 is 0 Å². The van der Waals surface area contributed by atoms with E-state index in [0.717, 1.165) is 22.3 Å². The molecule has 3 aromatic rings. The van der Waals surface area contributed by atoms with Crippen LogP contribution in [-0.4, -0.2) is 25.2 Å². The molecule has 158 valence electrons. The lowest BCUT2D eigenvalue weighted by atomic mass is 9.87. The fraction of sp³-hybridized carbons (Fsp3) is 0.346. The fourth-order valence-electron chi connectivity index (χ4n) is 3.28. The summed E-state index contributed by atoms with van der Waals surface area (Å²) >= 11 is 0. The van der Waals surface area contributed by atoms with Gasteiger partial charge in [-0.2, -0.15) is 0 Å². The Labute approximate surface area is 179 Å². The summed E-state index contributed by atoms with van der Waals surface area (Å²) in [4.78, 5) is 12.6. The van der Waals surface area contributed by atoms with Gasteiger partial charge in [0.2, 0.25) is 0 Å². The zero-order chi connectivity index (χ0) is 21.6. The van der Waals surface area contributed by atoms with Crippen LogP contribution in [0.3, 0.4) is 0 Å². The van der Waals surface area contributed by atoms with Crippen molar-refractivity contribution in [2.75, 3.05) is 13.2 Å². The minimum atomic E-state index is -0.540. The van der Waals surface area contributed by atoms with Crippen molar-refractivity contribution in [3.63, 3.8) is 0 Å². The van der Waals surface area contributed by atoms with Crippen molar-refractivity contribution < 1.29 is 14.3 Å². The Morgan fingerprint density at radius 1 is 0.967 bits per heavy atom. The van der Waals surface area contributed by atoms with E-state index in [1.54, 1.807) is 0 Å². The Balaban J connectivity index is 1.51. The highest BCUT2D eigenvalue weighted by molar-refractivity contribution is 5.89. The molecule has 0 heterocycles. The van der Waals surface area contributed by atoms with Gasteiger partial charge < -0.3 is 14.8 Å². The van der Waals surface area contributed by atoms with Gasteiger partial charge in [0, 0.05) is 5.39 Å². The van der Waals surface area contributed by atoms with Gasteiger partial charge in [0.25, 0.3) is 5.91 Å². The first-order chi connectivity index (χ1) is 14.4. The average Bonchev–Trinajstić information content (AvgIpc) is 2.74. The maximum atomic E-state index is 12.6. The molecule has 0 spiro atoms. The van der Waals surface area contributed by atoms with Crippen LogP contribution in [0.25, 0.3) is 10.8 Å². The highest BCUT2D eigenvalue weighted by Crippen LogP contribution is 2.27. The van der Waals surface area contributed by atoms with Crippen LogP contribution in [0.4, 0.5) is 0 Å². The lowest BCUT2D eigenvalue weighted by Crippen LogP contribution is -2.39. The summed E-state index contributed by atoms with van der Waals surface area (Å²) in [6.45, 7) is 9.33. The number of fused-ring (bicyclic) bond motifs is 1. The summed E-state index contributed by atoms with van der Waals surface area (Å²) in [5.74, 6) is 1.40. The standard InChI is InChI=1S/C26H31NO3/c1-5-23(30-24-12-8-10-19-9-6-7-11-22(19)24)25(28)27-17-18-29-21-15-13-20(14-16-21)26(2,3)4/h6-16,23H,5,17-18H2,1-4H3,(H,27,28). The Morgan fingerprint density at radius 2 is 1.67 bits per heavy atom. The van der Waals surface area contributed by atoms with E-state index in [4.69, 9.17) is 9.47 Å². The molecule has 1 unspecified atom stereocenters. The number of benzene rings is 3. The summed E-state index contributed by atoms with van der Waals surface area (Å²) < 4.78 is 11.8. The van der Waals surface area contributed by atoms with Crippen molar-refractivity contribution in [1.29, 1.82) is 0 Å². The summed E-state index contributed by atoms with van der Waals surface area (Å²) in [6, 6.07) is 22.0. The van der Waals surface area contributed by atoms with Gasteiger partial charge in [-0.05, 0) is 41.0 Å². The number of amides is 1. The maximum Gasteiger partial charge on any atom is 0.261 e. The normalized spacial score (nSPS) is 12.4. The van der Waals surface area contributed by atoms with Crippen molar-refractivity contribution in [2.24, 2.45) is 0 Å². The average molecular weight is 406 g/mol. The number of rotatable bonds is 8. The molecule has 0 aliphatic heterocycles. The summed E-state index contributed by atoms with van der Waals surface area (Å²) in [6.07, 6.45) is 0.0475. The van der Waals surface area contributed by atoms with Crippen LogP contribution in [0.15, 0.2) is 66.7 Å². The van der Waals surface area contributed by atoms with E-state index in [0.29, 0.717) is 19.6 Å². The monoisotopic (exact) mass is 405 g/mol. The molecule has 0 fully saturated rings. The molecule has 0 aliphatic rings. The molecule has 0 radical (unpaired) electrons. The fourth-order valence-corrected chi connectivity index (χ4v) is 3.28. The lowest BCUT2D eigenvalue weighted by Gasteiger charge is -2.19. The molecule has 3 rings (SSSR count). The first-order valence-electron chi connectivity index (χ1n) is 10.5. The Bertz CT molecular complexity index is 968. The van der Waals surface area contributed by atoms with E-state index in [1.165, 1.54) is 5.56 Å². The molecule has 1 atom stereocenters. The number of ether oxygens (including phenoxy) is 2. The third-order valence-electron chi connectivity index (χ3n) is 5.07. The molecule has 1 N–H and O–H groups in total.